The number of hydrogen-bond acceptors (Lipinski definition) is 10. The van der Waals surface area contributed by atoms with E-state index in [0.717, 1.165) is 35.5 Å². The number of carbonyl (C=O) groups is 3. The minimum atomic E-state index is -0.775. The molecule has 33 heavy (non-hydrogen) atoms. The molecule has 8 nitrogen and oxygen atoms in total. The van der Waals surface area contributed by atoms with Gasteiger partial charge in [-0.05, 0) is 47.0 Å². The number of rotatable bonds is 6. The number of likely N-dealkylation sites (tertiary alicyclic amines) is 1. The molecule has 2 heterocycles. The minimum absolute atomic E-state index is 0.0149. The lowest BCUT2D eigenvalue weighted by molar-refractivity contribution is -0.171. The number of aliphatic hydroxyl groups excluding tert-OH is 1. The van der Waals surface area contributed by atoms with Crippen LogP contribution in [0.3, 0.4) is 0 Å². The van der Waals surface area contributed by atoms with E-state index in [1.54, 1.807) is 51.2 Å². The van der Waals surface area contributed by atoms with E-state index in [-0.39, 0.29) is 17.0 Å². The number of aliphatic hydroxyl groups is 1. The first-order chi connectivity index (χ1) is 15.4. The second-order valence-corrected chi connectivity index (χ2v) is 12.7. The molecule has 0 bridgehead atoms. The van der Waals surface area contributed by atoms with Crippen LogP contribution in [0.25, 0.3) is 0 Å². The summed E-state index contributed by atoms with van der Waals surface area (Å²) in [5.41, 5.74) is -0.994. The predicted octanol–water partition coefficient (Wildman–Crippen LogP) is 2.46. The number of esters is 2. The van der Waals surface area contributed by atoms with Gasteiger partial charge < -0.3 is 19.5 Å². The molecule has 4 rings (SSSR count). The highest BCUT2D eigenvalue weighted by molar-refractivity contribution is 8.14. The van der Waals surface area contributed by atoms with Crippen molar-refractivity contribution in [1.29, 1.82) is 0 Å². The molecule has 2 aliphatic carbocycles. The van der Waals surface area contributed by atoms with Gasteiger partial charge in [-0.2, -0.15) is 0 Å². The van der Waals surface area contributed by atoms with Crippen molar-refractivity contribution < 1.29 is 29.0 Å². The van der Waals surface area contributed by atoms with Crippen LogP contribution in [0, 0.1) is 22.7 Å². The van der Waals surface area contributed by atoms with Crippen molar-refractivity contribution in [3.8, 4) is 0 Å². The van der Waals surface area contributed by atoms with Gasteiger partial charge in [0, 0.05) is 40.5 Å². The maximum absolute atomic E-state index is 13.1. The van der Waals surface area contributed by atoms with Gasteiger partial charge in [-0.25, -0.2) is 4.79 Å². The van der Waals surface area contributed by atoms with Crippen LogP contribution >= 0.6 is 23.5 Å². The summed E-state index contributed by atoms with van der Waals surface area (Å²) in [5, 5.41) is 11.5. The minimum Gasteiger partial charge on any atom is -0.427 e. The number of fused-ring (bicyclic) bond motifs is 1. The van der Waals surface area contributed by atoms with Crippen molar-refractivity contribution in [2.24, 2.45) is 27.7 Å². The smallest absolute Gasteiger partial charge is 0.337 e. The van der Waals surface area contributed by atoms with E-state index in [2.05, 4.69) is 9.89 Å². The molecular weight excluding hydrogens is 464 g/mol. The summed E-state index contributed by atoms with van der Waals surface area (Å²) in [5.74, 6) is -0.615. The third-order valence-corrected chi connectivity index (χ3v) is 9.46. The fraction of sp³-hybridized carbons (Fsp3) is 0.739. The number of thioether (sulfide) groups is 2. The second kappa shape index (κ2) is 8.92. The zero-order valence-corrected chi connectivity index (χ0v) is 21.4. The molecular formula is C23H32N2O6S2. The van der Waals surface area contributed by atoms with Gasteiger partial charge in [-0.1, -0.05) is 11.8 Å². The highest BCUT2D eigenvalue weighted by Crippen LogP contribution is 2.65. The van der Waals surface area contributed by atoms with Gasteiger partial charge in [0.2, 0.25) is 6.79 Å². The number of aliphatic imine (C=N–C) groups is 1. The molecule has 0 amide bonds. The quantitative estimate of drug-likeness (QED) is 0.438. The van der Waals surface area contributed by atoms with E-state index >= 15 is 0 Å². The topological polar surface area (TPSA) is 106 Å². The molecule has 10 heteroatoms. The number of ketones is 1. The molecule has 4 atom stereocenters. The molecule has 0 aromatic heterocycles. The first-order valence-corrected chi connectivity index (χ1v) is 13.2. The molecule has 2 fully saturated rings. The summed E-state index contributed by atoms with van der Waals surface area (Å²) in [4.78, 5) is 45.6. The number of allylic oxidation sites excluding steroid dienone is 1. The van der Waals surface area contributed by atoms with Crippen LogP contribution in [-0.4, -0.2) is 76.4 Å². The van der Waals surface area contributed by atoms with E-state index in [0.29, 0.717) is 12.0 Å². The lowest BCUT2D eigenvalue weighted by atomic mass is 9.53. The normalized spacial score (nSPS) is 30.4. The molecule has 0 spiro atoms. The molecule has 2 aliphatic heterocycles. The standard InChI is InChI=1S/C23H32N2O6S2/c1-12(26)16-15-8-14(19(28)30-11-31-20(29)22(2,3)4)18(23(15,5)17(16)27)33-13-9-25(10-13)21-24-6-7-32-21/h12-13,15-16,26H,6-11H2,1-5H3/t12-,15-,16+,23+/m0/s1. The van der Waals surface area contributed by atoms with Gasteiger partial charge in [0.05, 0.1) is 23.5 Å². The van der Waals surface area contributed by atoms with Crippen LogP contribution < -0.4 is 0 Å². The molecule has 1 saturated carbocycles. The van der Waals surface area contributed by atoms with Crippen LogP contribution in [0.2, 0.25) is 0 Å². The van der Waals surface area contributed by atoms with Gasteiger partial charge >= 0.3 is 11.9 Å². The highest BCUT2D eigenvalue weighted by Gasteiger charge is 2.66. The zero-order chi connectivity index (χ0) is 24.1. The third kappa shape index (κ3) is 4.34. The van der Waals surface area contributed by atoms with E-state index < -0.39 is 41.6 Å². The van der Waals surface area contributed by atoms with E-state index in [4.69, 9.17) is 9.47 Å². The van der Waals surface area contributed by atoms with Crippen molar-refractivity contribution in [3.05, 3.63) is 10.5 Å². The maximum Gasteiger partial charge on any atom is 0.337 e. The second-order valence-electron chi connectivity index (χ2n) is 10.3. The van der Waals surface area contributed by atoms with Gasteiger partial charge in [0.1, 0.15) is 5.78 Å². The Bertz CT molecular complexity index is 918. The average molecular weight is 497 g/mol. The SMILES string of the molecule is C[C@H](O)[C@H]1C(=O)[C@]2(C)C(SC3CN(C4=NCCS4)C3)=C(C(=O)OCOC(=O)C(C)(C)C)C[C@@H]12. The van der Waals surface area contributed by atoms with Crippen LogP contribution in [0.5, 0.6) is 0 Å². The van der Waals surface area contributed by atoms with Gasteiger partial charge in [-0.3, -0.25) is 14.6 Å². The van der Waals surface area contributed by atoms with E-state index in [9.17, 15) is 19.5 Å². The summed E-state index contributed by atoms with van der Waals surface area (Å²) in [6.07, 6.45) is -0.382. The molecule has 0 radical (unpaired) electrons. The number of amidine groups is 1. The van der Waals surface area contributed by atoms with E-state index in [1.807, 2.05) is 6.92 Å². The van der Waals surface area contributed by atoms with Gasteiger partial charge in [-0.15, -0.1) is 11.8 Å². The monoisotopic (exact) mass is 496 g/mol. The molecule has 1 N–H and O–H groups in total. The Morgan fingerprint density at radius 2 is 2.03 bits per heavy atom. The Kier molecular flexibility index (Phi) is 6.65. The van der Waals surface area contributed by atoms with Crippen LogP contribution in [-0.2, 0) is 23.9 Å². The Morgan fingerprint density at radius 3 is 2.61 bits per heavy atom. The summed E-state index contributed by atoms with van der Waals surface area (Å²) in [6.45, 7) is 10.7. The van der Waals surface area contributed by atoms with Crippen molar-refractivity contribution in [2.45, 2.75) is 52.4 Å². The Hall–Kier alpha value is -1.52. The summed E-state index contributed by atoms with van der Waals surface area (Å²) >= 11 is 3.34. The van der Waals surface area contributed by atoms with Crippen LogP contribution in [0.15, 0.2) is 15.5 Å². The maximum atomic E-state index is 13.1. The Labute approximate surface area is 202 Å². The van der Waals surface area contributed by atoms with Crippen molar-refractivity contribution >= 4 is 46.4 Å². The summed E-state index contributed by atoms with van der Waals surface area (Å²) in [7, 11) is 0. The number of ether oxygens (including phenoxy) is 2. The van der Waals surface area contributed by atoms with E-state index in [1.165, 1.54) is 0 Å². The molecule has 0 unspecified atom stereocenters. The number of hydrogen-bond donors (Lipinski definition) is 1. The fourth-order valence-electron chi connectivity index (χ4n) is 4.93. The molecule has 0 aromatic carbocycles. The summed E-state index contributed by atoms with van der Waals surface area (Å²) in [6, 6.07) is 0. The van der Waals surface area contributed by atoms with Crippen molar-refractivity contribution in [3.63, 3.8) is 0 Å². The third-order valence-electron chi connectivity index (χ3n) is 6.89. The highest BCUT2D eigenvalue weighted by atomic mass is 32.2. The zero-order valence-electron chi connectivity index (χ0n) is 19.8. The lowest BCUT2D eigenvalue weighted by Crippen LogP contribution is -2.58. The lowest BCUT2D eigenvalue weighted by Gasteiger charge is -2.51. The number of carbonyl (C=O) groups excluding carboxylic acids is 3. The molecule has 1 saturated heterocycles. The van der Waals surface area contributed by atoms with Crippen LogP contribution in [0.4, 0.5) is 0 Å². The fourth-order valence-corrected chi connectivity index (χ4v) is 7.46. The Balaban J connectivity index is 1.47. The Morgan fingerprint density at radius 1 is 1.33 bits per heavy atom. The largest absolute Gasteiger partial charge is 0.427 e. The molecule has 0 aromatic rings. The van der Waals surface area contributed by atoms with Gasteiger partial charge in [0.15, 0.2) is 5.17 Å². The number of nitrogens with zero attached hydrogens (tertiary/aromatic N) is 2. The average Bonchev–Trinajstić information content (AvgIpc) is 3.30. The molecule has 4 aliphatic rings. The van der Waals surface area contributed by atoms with Gasteiger partial charge in [0.25, 0.3) is 0 Å². The van der Waals surface area contributed by atoms with Crippen LogP contribution in [0.1, 0.15) is 41.0 Å². The molecule has 182 valence electrons. The first-order valence-electron chi connectivity index (χ1n) is 11.3. The predicted molar refractivity (Wildman–Crippen MR) is 128 cm³/mol. The number of Topliss-reactive ketones (excluding diaryl/α,β-unsaturated/α-hetero) is 1. The first kappa shape index (κ1) is 24.6. The van der Waals surface area contributed by atoms with Crippen molar-refractivity contribution in [1.82, 2.24) is 4.90 Å². The summed E-state index contributed by atoms with van der Waals surface area (Å²) < 4.78 is 10.4. The van der Waals surface area contributed by atoms with Crippen molar-refractivity contribution in [2.75, 3.05) is 32.2 Å².